The van der Waals surface area contributed by atoms with Crippen LogP contribution in [0.5, 0.6) is 0 Å². The lowest BCUT2D eigenvalue weighted by atomic mass is 9.78. The molecule has 1 fully saturated rings. The number of carbonyl (C=O) groups excluding carboxylic acids is 3. The second-order valence-corrected chi connectivity index (χ2v) is 9.02. The number of nitrogens with one attached hydrogen (secondary N) is 2. The molecule has 0 spiro atoms. The summed E-state index contributed by atoms with van der Waals surface area (Å²) in [5.41, 5.74) is 7.24. The third-order valence-corrected chi connectivity index (χ3v) is 7.13. The Morgan fingerprint density at radius 3 is 2.54 bits per heavy atom. The van der Waals surface area contributed by atoms with Crippen molar-refractivity contribution < 1.29 is 14.4 Å². The Hall–Kier alpha value is -1.89. The number of primary amides is 1. The van der Waals surface area contributed by atoms with Crippen LogP contribution in [0.1, 0.15) is 79.1 Å². The molecule has 154 valence electrons. The number of nitrogens with two attached hydrogens (primary N) is 1. The van der Waals surface area contributed by atoms with E-state index in [0.29, 0.717) is 30.0 Å². The third-order valence-electron chi connectivity index (χ3n) is 5.92. The number of carbonyl (C=O) groups is 3. The van der Waals surface area contributed by atoms with Gasteiger partial charge in [-0.2, -0.15) is 0 Å². The molecule has 7 heteroatoms. The Kier molecular flexibility index (Phi) is 7.10. The third kappa shape index (κ3) is 4.57. The molecule has 1 heterocycles. The van der Waals surface area contributed by atoms with Gasteiger partial charge >= 0.3 is 0 Å². The predicted molar refractivity (Wildman–Crippen MR) is 111 cm³/mol. The lowest BCUT2D eigenvalue weighted by Gasteiger charge is -2.28. The SMILES string of the molecule is CCCCCNC(=O)c1c(NC(=O)C2CCCCC2C(N)=O)sc2c1CCC2. The Bertz CT molecular complexity index is 743. The van der Waals surface area contributed by atoms with Crippen LogP contribution >= 0.6 is 11.3 Å². The maximum atomic E-state index is 12.9. The van der Waals surface area contributed by atoms with Gasteiger partial charge in [-0.1, -0.05) is 32.6 Å². The van der Waals surface area contributed by atoms with Crippen molar-refractivity contribution in [3.8, 4) is 0 Å². The van der Waals surface area contributed by atoms with Gasteiger partial charge in [-0.3, -0.25) is 14.4 Å². The molecule has 2 unspecified atom stereocenters. The van der Waals surface area contributed by atoms with Crippen LogP contribution in [0, 0.1) is 11.8 Å². The highest BCUT2D eigenvalue weighted by Crippen LogP contribution is 2.40. The molecule has 3 amide bonds. The Balaban J connectivity index is 1.75. The molecule has 0 aromatic carbocycles. The number of fused-ring (bicyclic) bond motifs is 1. The molecule has 1 aromatic heterocycles. The van der Waals surface area contributed by atoms with Crippen LogP contribution in [0.4, 0.5) is 5.00 Å². The number of hydrogen-bond donors (Lipinski definition) is 3. The number of thiophene rings is 1. The van der Waals surface area contributed by atoms with Gasteiger partial charge in [0.15, 0.2) is 0 Å². The number of unbranched alkanes of at least 4 members (excludes halogenated alkanes) is 2. The zero-order chi connectivity index (χ0) is 20.1. The van der Waals surface area contributed by atoms with Crippen molar-refractivity contribution in [1.29, 1.82) is 0 Å². The van der Waals surface area contributed by atoms with Crippen molar-refractivity contribution in [2.45, 2.75) is 71.1 Å². The average molecular weight is 406 g/mol. The van der Waals surface area contributed by atoms with E-state index < -0.39 is 17.7 Å². The Morgan fingerprint density at radius 1 is 1.07 bits per heavy atom. The number of aryl methyl sites for hydroxylation is 1. The summed E-state index contributed by atoms with van der Waals surface area (Å²) in [6.07, 6.45) is 9.23. The molecule has 0 bridgehead atoms. The smallest absolute Gasteiger partial charge is 0.254 e. The van der Waals surface area contributed by atoms with E-state index >= 15 is 0 Å². The predicted octanol–water partition coefficient (Wildman–Crippen LogP) is 3.39. The second-order valence-electron chi connectivity index (χ2n) is 7.91. The van der Waals surface area contributed by atoms with E-state index in [1.807, 2.05) is 0 Å². The highest BCUT2D eigenvalue weighted by atomic mass is 32.1. The summed E-state index contributed by atoms with van der Waals surface area (Å²) < 4.78 is 0. The first-order chi connectivity index (χ1) is 13.5. The van der Waals surface area contributed by atoms with Crippen molar-refractivity contribution in [1.82, 2.24) is 5.32 Å². The summed E-state index contributed by atoms with van der Waals surface area (Å²) in [4.78, 5) is 38.8. The minimum atomic E-state index is -0.410. The van der Waals surface area contributed by atoms with Crippen LogP contribution < -0.4 is 16.4 Å². The van der Waals surface area contributed by atoms with Gasteiger partial charge in [0.2, 0.25) is 11.8 Å². The van der Waals surface area contributed by atoms with E-state index in [9.17, 15) is 14.4 Å². The molecule has 1 aromatic rings. The zero-order valence-electron chi connectivity index (χ0n) is 16.6. The molecule has 2 aliphatic carbocycles. The first kappa shape index (κ1) is 20.8. The van der Waals surface area contributed by atoms with Gasteiger partial charge in [-0.25, -0.2) is 0 Å². The van der Waals surface area contributed by atoms with Gasteiger partial charge in [0.05, 0.1) is 5.56 Å². The summed E-state index contributed by atoms with van der Waals surface area (Å²) in [5, 5.41) is 6.64. The highest BCUT2D eigenvalue weighted by molar-refractivity contribution is 7.17. The van der Waals surface area contributed by atoms with Crippen molar-refractivity contribution in [2.75, 3.05) is 11.9 Å². The maximum Gasteiger partial charge on any atom is 0.254 e. The Labute approximate surface area is 170 Å². The molecule has 3 rings (SSSR count). The molecular formula is C21H31N3O3S. The largest absolute Gasteiger partial charge is 0.369 e. The van der Waals surface area contributed by atoms with Crippen LogP contribution in [0.2, 0.25) is 0 Å². The molecule has 4 N–H and O–H groups in total. The fourth-order valence-electron chi connectivity index (χ4n) is 4.39. The number of amides is 3. The van der Waals surface area contributed by atoms with Crippen LogP contribution in [0.25, 0.3) is 0 Å². The molecular weight excluding hydrogens is 374 g/mol. The zero-order valence-corrected chi connectivity index (χ0v) is 17.5. The van der Waals surface area contributed by atoms with Gasteiger partial charge in [0, 0.05) is 23.3 Å². The highest BCUT2D eigenvalue weighted by Gasteiger charge is 2.36. The number of anilines is 1. The van der Waals surface area contributed by atoms with E-state index in [1.165, 1.54) is 16.2 Å². The first-order valence-electron chi connectivity index (χ1n) is 10.6. The van der Waals surface area contributed by atoms with E-state index in [0.717, 1.165) is 56.9 Å². The second kappa shape index (κ2) is 9.54. The van der Waals surface area contributed by atoms with Gasteiger partial charge in [0.1, 0.15) is 5.00 Å². The maximum absolute atomic E-state index is 12.9. The fourth-order valence-corrected chi connectivity index (χ4v) is 5.68. The molecule has 0 aliphatic heterocycles. The van der Waals surface area contributed by atoms with Crippen molar-refractivity contribution in [3.05, 3.63) is 16.0 Å². The van der Waals surface area contributed by atoms with Crippen LogP contribution in [-0.2, 0) is 22.4 Å². The monoisotopic (exact) mass is 405 g/mol. The van der Waals surface area contributed by atoms with Crippen molar-refractivity contribution >= 4 is 34.1 Å². The number of hydrogen-bond acceptors (Lipinski definition) is 4. The van der Waals surface area contributed by atoms with E-state index in [2.05, 4.69) is 17.6 Å². The summed E-state index contributed by atoms with van der Waals surface area (Å²) in [6.45, 7) is 2.78. The van der Waals surface area contributed by atoms with Gasteiger partial charge in [0.25, 0.3) is 5.91 Å². The van der Waals surface area contributed by atoms with E-state index in [4.69, 9.17) is 5.73 Å². The fraction of sp³-hybridized carbons (Fsp3) is 0.667. The van der Waals surface area contributed by atoms with Crippen LogP contribution in [0.15, 0.2) is 0 Å². The standard InChI is InChI=1S/C21H31N3O3S/c1-2-3-6-12-23-20(27)17-15-10-7-11-16(15)28-21(17)24-19(26)14-9-5-4-8-13(14)18(22)25/h13-14H,2-12H2,1H3,(H2,22,25)(H,23,27)(H,24,26). The molecule has 28 heavy (non-hydrogen) atoms. The molecule has 0 radical (unpaired) electrons. The first-order valence-corrected chi connectivity index (χ1v) is 11.4. The number of rotatable bonds is 8. The molecule has 2 aliphatic rings. The lowest BCUT2D eigenvalue weighted by molar-refractivity contribution is -0.131. The molecule has 0 saturated heterocycles. The summed E-state index contributed by atoms with van der Waals surface area (Å²) in [5.74, 6) is -1.48. The summed E-state index contributed by atoms with van der Waals surface area (Å²) in [6, 6.07) is 0. The molecule has 1 saturated carbocycles. The van der Waals surface area contributed by atoms with Gasteiger partial charge < -0.3 is 16.4 Å². The Morgan fingerprint density at radius 2 is 1.82 bits per heavy atom. The summed E-state index contributed by atoms with van der Waals surface area (Å²) >= 11 is 1.51. The van der Waals surface area contributed by atoms with Crippen molar-refractivity contribution in [2.24, 2.45) is 17.6 Å². The topological polar surface area (TPSA) is 101 Å². The quantitative estimate of drug-likeness (QED) is 0.578. The van der Waals surface area contributed by atoms with E-state index in [-0.39, 0.29) is 11.8 Å². The minimum Gasteiger partial charge on any atom is -0.369 e. The molecule has 2 atom stereocenters. The van der Waals surface area contributed by atoms with Gasteiger partial charge in [-0.15, -0.1) is 11.3 Å². The van der Waals surface area contributed by atoms with E-state index in [1.54, 1.807) is 0 Å². The average Bonchev–Trinajstić information content (AvgIpc) is 3.25. The normalized spacial score (nSPS) is 21.2. The minimum absolute atomic E-state index is 0.0964. The lowest BCUT2D eigenvalue weighted by Crippen LogP contribution is -2.39. The van der Waals surface area contributed by atoms with Crippen LogP contribution in [0.3, 0.4) is 0 Å². The summed E-state index contributed by atoms with van der Waals surface area (Å²) in [7, 11) is 0. The van der Waals surface area contributed by atoms with Gasteiger partial charge in [-0.05, 0) is 44.1 Å². The van der Waals surface area contributed by atoms with Crippen molar-refractivity contribution in [3.63, 3.8) is 0 Å². The van der Waals surface area contributed by atoms with Crippen LogP contribution in [-0.4, -0.2) is 24.3 Å². The molecule has 6 nitrogen and oxygen atoms in total.